The number of nitrogens with zero attached hydrogens (tertiary/aromatic N) is 3. The highest BCUT2D eigenvalue weighted by Crippen LogP contribution is 2.55. The highest BCUT2D eigenvalue weighted by molar-refractivity contribution is 7.31. The zero-order valence-corrected chi connectivity index (χ0v) is 69.0. The summed E-state index contributed by atoms with van der Waals surface area (Å²) in [6.07, 6.45) is 45.9. The van der Waals surface area contributed by atoms with Crippen molar-refractivity contribution in [2.75, 3.05) is 20.3 Å². The standard InChI is InChI=1S/C87H115N3O6S7/c1-10-17-23-28-33-38-44-62-53-67(55-66(59-88)86(93)95-9)97-78(62)70-48-50-72(99-70)80-64(46-40-35-30-25-19-12-3)56-74(101-80)82-76-77(85(92)90(84(76)91)60-61(16-7)43-22-15-6)83(103-82)75-57-65(47-41-36-31-26-20-13-4)81(102-75)73-51-49-71(100-73)79-63(45-39-34-29-24-18-11-2)54-68(98-79)58-69(89-8)87(94)96-52-42-37-32-27-21-14-5/h48-51,53-58,61H,10-47,52,60H2,1-7,9H3/b66-55+,69-58-. The molecule has 0 radical (unpaired) electrons. The van der Waals surface area contributed by atoms with Crippen molar-refractivity contribution in [2.24, 2.45) is 5.92 Å². The Morgan fingerprint density at radius 3 is 1.20 bits per heavy atom. The van der Waals surface area contributed by atoms with Gasteiger partial charge in [-0.15, -0.1) is 79.4 Å². The predicted octanol–water partition coefficient (Wildman–Crippen LogP) is 28.8. The lowest BCUT2D eigenvalue weighted by Crippen LogP contribution is -2.34. The first-order chi connectivity index (χ1) is 50.4. The van der Waals surface area contributed by atoms with Gasteiger partial charge in [-0.1, -0.05) is 228 Å². The summed E-state index contributed by atoms with van der Waals surface area (Å²) >= 11 is 12.1. The number of amides is 2. The first-order valence-corrected chi connectivity index (χ1v) is 45.3. The lowest BCUT2D eigenvalue weighted by molar-refractivity contribution is -0.138. The van der Waals surface area contributed by atoms with Crippen molar-refractivity contribution in [1.29, 1.82) is 5.26 Å². The molecule has 1 atom stereocenters. The van der Waals surface area contributed by atoms with Crippen LogP contribution >= 0.6 is 79.4 Å². The molecule has 9 nitrogen and oxygen atoms in total. The number of methoxy groups -OCH3 is 1. The van der Waals surface area contributed by atoms with E-state index in [0.29, 0.717) is 24.3 Å². The Hall–Kier alpha value is -5.56. The van der Waals surface area contributed by atoms with E-state index in [1.807, 2.05) is 11.3 Å². The van der Waals surface area contributed by atoms with Gasteiger partial charge < -0.3 is 9.47 Å². The Bertz CT molecular complexity index is 3950. The minimum atomic E-state index is -0.638. The number of thiophene rings is 7. The molecule has 0 saturated carbocycles. The molecule has 1 aliphatic heterocycles. The predicted molar refractivity (Wildman–Crippen MR) is 446 cm³/mol. The van der Waals surface area contributed by atoms with E-state index in [9.17, 15) is 14.9 Å². The molecule has 556 valence electrons. The summed E-state index contributed by atoms with van der Waals surface area (Å²) in [5.41, 5.74) is 6.14. The lowest BCUT2D eigenvalue weighted by Gasteiger charge is -2.21. The summed E-state index contributed by atoms with van der Waals surface area (Å²) in [5.74, 6) is -1.33. The van der Waals surface area contributed by atoms with Gasteiger partial charge in [0.2, 0.25) is 0 Å². The molecule has 1 aliphatic rings. The fraction of sp³-hybridized carbons (Fsp3) is 0.563. The molecule has 0 fully saturated rings. The third kappa shape index (κ3) is 24.0. The molecular formula is C87H115N3O6S7. The van der Waals surface area contributed by atoms with Crippen LogP contribution in [0.2, 0.25) is 0 Å². The van der Waals surface area contributed by atoms with E-state index in [-0.39, 0.29) is 29.0 Å². The molecule has 8 rings (SSSR count). The maximum Gasteiger partial charge on any atom is 0.348 e. The number of ether oxygens (including phenoxy) is 2. The van der Waals surface area contributed by atoms with E-state index in [4.69, 9.17) is 16.0 Å². The Kier molecular flexibility index (Phi) is 36.4. The number of rotatable bonds is 51. The molecule has 16 heteroatoms. The number of esters is 2. The zero-order chi connectivity index (χ0) is 73.3. The van der Waals surface area contributed by atoms with Gasteiger partial charge in [0.25, 0.3) is 17.5 Å². The molecule has 0 aliphatic carbocycles. The number of imide groups is 1. The van der Waals surface area contributed by atoms with Gasteiger partial charge in [0, 0.05) is 65.1 Å². The Balaban J connectivity index is 1.22. The Morgan fingerprint density at radius 1 is 0.456 bits per heavy atom. The molecule has 8 heterocycles. The first kappa shape index (κ1) is 83.1. The number of carbonyl (C=O) groups excluding carboxylic acids is 4. The lowest BCUT2D eigenvalue weighted by atomic mass is 9.99. The highest BCUT2D eigenvalue weighted by Gasteiger charge is 2.44. The average Bonchev–Trinajstić information content (AvgIpc) is 1.56. The molecule has 2 amide bonds. The van der Waals surface area contributed by atoms with Crippen molar-refractivity contribution in [1.82, 2.24) is 4.90 Å². The van der Waals surface area contributed by atoms with E-state index >= 15 is 9.59 Å². The normalized spacial score (nSPS) is 12.8. The molecule has 7 aromatic heterocycles. The summed E-state index contributed by atoms with van der Waals surface area (Å²) in [6, 6.07) is 20.2. The van der Waals surface area contributed by atoms with E-state index in [0.717, 1.165) is 156 Å². The van der Waals surface area contributed by atoms with Gasteiger partial charge in [-0.25, -0.2) is 9.64 Å². The van der Waals surface area contributed by atoms with E-state index in [1.54, 1.807) is 85.1 Å². The number of hydrogen-bond acceptors (Lipinski definition) is 14. The van der Waals surface area contributed by atoms with Crippen molar-refractivity contribution in [2.45, 2.75) is 292 Å². The Labute approximate surface area is 646 Å². The molecule has 0 N–H and O–H groups in total. The zero-order valence-electron chi connectivity index (χ0n) is 63.3. The largest absolute Gasteiger partial charge is 0.471 e. The number of nitriles is 1. The third-order valence-electron chi connectivity index (χ3n) is 20.0. The summed E-state index contributed by atoms with van der Waals surface area (Å²) in [5, 5.41) is 10.0. The summed E-state index contributed by atoms with van der Waals surface area (Å²) in [7, 11) is 1.31. The van der Waals surface area contributed by atoms with Gasteiger partial charge in [-0.05, 0) is 153 Å². The van der Waals surface area contributed by atoms with Crippen LogP contribution in [-0.2, 0) is 44.7 Å². The van der Waals surface area contributed by atoms with Crippen LogP contribution in [-0.4, -0.2) is 48.9 Å². The van der Waals surface area contributed by atoms with Gasteiger partial charge in [-0.3, -0.25) is 19.3 Å². The summed E-state index contributed by atoms with van der Waals surface area (Å²) in [4.78, 5) is 77.6. The molecule has 1 unspecified atom stereocenters. The number of fused-ring (bicyclic) bond motifs is 1. The first-order valence-electron chi connectivity index (χ1n) is 39.6. The number of aryl methyl sites for hydroxylation is 4. The Morgan fingerprint density at radius 2 is 0.825 bits per heavy atom. The van der Waals surface area contributed by atoms with E-state index in [1.165, 1.54) is 185 Å². The van der Waals surface area contributed by atoms with Crippen LogP contribution < -0.4 is 0 Å². The molecular weight excluding hydrogens is 1410 g/mol. The van der Waals surface area contributed by atoms with Gasteiger partial charge >= 0.3 is 11.9 Å². The quantitative estimate of drug-likeness (QED) is 0.00930. The van der Waals surface area contributed by atoms with Crippen LogP contribution in [0, 0.1) is 23.8 Å². The molecule has 0 bridgehead atoms. The van der Waals surface area contributed by atoms with Crippen molar-refractivity contribution < 1.29 is 28.7 Å². The van der Waals surface area contributed by atoms with Crippen molar-refractivity contribution in [3.05, 3.63) is 114 Å². The van der Waals surface area contributed by atoms with Crippen LogP contribution in [0.1, 0.15) is 319 Å². The van der Waals surface area contributed by atoms with E-state index < -0.39 is 11.9 Å². The fourth-order valence-electron chi connectivity index (χ4n) is 13.9. The van der Waals surface area contributed by atoms with Crippen molar-refractivity contribution in [3.8, 4) is 64.6 Å². The van der Waals surface area contributed by atoms with Crippen molar-refractivity contribution >= 4 is 115 Å². The number of hydrogen-bond donors (Lipinski definition) is 0. The fourth-order valence-corrected chi connectivity index (χ4v) is 22.7. The van der Waals surface area contributed by atoms with Crippen LogP contribution in [0.3, 0.4) is 0 Å². The molecule has 0 spiro atoms. The van der Waals surface area contributed by atoms with Crippen LogP contribution in [0.5, 0.6) is 0 Å². The summed E-state index contributed by atoms with van der Waals surface area (Å²) in [6.45, 7) is 24.5. The van der Waals surface area contributed by atoms with Gasteiger partial charge in [0.15, 0.2) is 0 Å². The van der Waals surface area contributed by atoms with Crippen LogP contribution in [0.15, 0.2) is 59.8 Å². The van der Waals surface area contributed by atoms with Gasteiger partial charge in [0.05, 0.1) is 41.2 Å². The molecule has 103 heavy (non-hydrogen) atoms. The molecule has 7 aromatic rings. The second-order valence-corrected chi connectivity index (χ2v) is 35.6. The van der Waals surface area contributed by atoms with E-state index in [2.05, 4.69) is 108 Å². The third-order valence-corrected chi connectivity index (χ3v) is 29.0. The average molecular weight is 1520 g/mol. The maximum absolute atomic E-state index is 15.6. The summed E-state index contributed by atoms with van der Waals surface area (Å²) < 4.78 is 10.7. The topological polar surface area (TPSA) is 118 Å². The number of unbranched alkanes of at least 4 members (excludes halogenated alkanes) is 26. The van der Waals surface area contributed by atoms with Crippen LogP contribution in [0.25, 0.3) is 75.5 Å². The van der Waals surface area contributed by atoms with Crippen LogP contribution in [0.4, 0.5) is 0 Å². The molecule has 0 aromatic carbocycles. The second-order valence-electron chi connectivity index (χ2n) is 28.2. The maximum atomic E-state index is 15.6. The highest BCUT2D eigenvalue weighted by atomic mass is 32.1. The number of carbonyl (C=O) groups is 4. The minimum absolute atomic E-state index is 0.0166. The minimum Gasteiger partial charge on any atom is -0.471 e. The SMILES string of the molecule is [C-]#[N+]/C(=C\c1cc(CCCCCCCC)c(-c2ccc(-c3sc(-c4sc(-c5cc(CCCCCCCC)c(-c6ccc(-c7sc(/C=C(\C#N)C(=O)OC)cc7CCCCCCCC)s6)s5)c5c4C(=O)N(CC(CC)CCCC)C5=O)cc3CCCCCCCC)s2)s1)C(=O)OCCCCCCCC. The second kappa shape index (κ2) is 45.2. The smallest absolute Gasteiger partial charge is 0.348 e. The van der Waals surface area contributed by atoms with Gasteiger partial charge in [0.1, 0.15) is 11.6 Å². The molecule has 0 saturated heterocycles. The van der Waals surface area contributed by atoms with Crippen molar-refractivity contribution in [3.63, 3.8) is 0 Å². The van der Waals surface area contributed by atoms with Gasteiger partial charge in [-0.2, -0.15) is 5.26 Å². The monoisotopic (exact) mass is 1520 g/mol.